The van der Waals surface area contributed by atoms with E-state index in [2.05, 4.69) is 0 Å². The van der Waals surface area contributed by atoms with Crippen LogP contribution in [0, 0.1) is 0 Å². The highest BCUT2D eigenvalue weighted by Crippen LogP contribution is 2.22. The molecular formula is C9H7NO3. The van der Waals surface area contributed by atoms with Gasteiger partial charge in [-0.1, -0.05) is 6.08 Å². The maximum Gasteiger partial charge on any atom is 0.377 e. The zero-order valence-corrected chi connectivity index (χ0v) is 6.77. The van der Waals surface area contributed by atoms with Crippen LogP contribution >= 0.6 is 0 Å². The van der Waals surface area contributed by atoms with Crippen molar-refractivity contribution in [2.24, 2.45) is 0 Å². The van der Waals surface area contributed by atoms with Crippen LogP contribution in [0.2, 0.25) is 0 Å². The second kappa shape index (κ2) is 2.90. The Labute approximate surface area is 74.4 Å². The molecule has 0 aliphatic carbocycles. The van der Waals surface area contributed by atoms with Crippen molar-refractivity contribution in [1.29, 1.82) is 0 Å². The van der Waals surface area contributed by atoms with E-state index in [-0.39, 0.29) is 6.29 Å². The molecule has 1 aliphatic heterocycles. The summed E-state index contributed by atoms with van der Waals surface area (Å²) >= 11 is 0. The summed E-state index contributed by atoms with van der Waals surface area (Å²) in [7, 11) is 0. The molecule has 0 fully saturated rings. The number of allylic oxidation sites excluding steroid dienone is 1. The van der Waals surface area contributed by atoms with Crippen molar-refractivity contribution in [2.45, 2.75) is 6.42 Å². The van der Waals surface area contributed by atoms with Crippen molar-refractivity contribution in [1.82, 2.24) is 4.57 Å². The van der Waals surface area contributed by atoms with Gasteiger partial charge in [-0.3, -0.25) is 9.36 Å². The van der Waals surface area contributed by atoms with Crippen LogP contribution in [-0.4, -0.2) is 16.8 Å². The van der Waals surface area contributed by atoms with E-state index < -0.39 is 5.97 Å². The van der Waals surface area contributed by atoms with Crippen molar-refractivity contribution in [2.75, 3.05) is 0 Å². The number of hydrogen-bond donors (Lipinski definition) is 0. The lowest BCUT2D eigenvalue weighted by molar-refractivity contribution is -0.141. The zero-order valence-electron chi connectivity index (χ0n) is 6.77. The van der Waals surface area contributed by atoms with E-state index in [0.717, 1.165) is 12.1 Å². The first-order valence-electron chi connectivity index (χ1n) is 3.85. The summed E-state index contributed by atoms with van der Waals surface area (Å²) in [6.07, 6.45) is 4.74. The van der Waals surface area contributed by atoms with Gasteiger partial charge in [0.1, 0.15) is 0 Å². The molecule has 0 atom stereocenters. The second-order valence-corrected chi connectivity index (χ2v) is 2.66. The molecule has 0 unspecified atom stereocenters. The van der Waals surface area contributed by atoms with Crippen molar-refractivity contribution in [3.63, 3.8) is 0 Å². The number of ether oxygens (including phenoxy) is 1. The summed E-state index contributed by atoms with van der Waals surface area (Å²) < 4.78 is 6.49. The molecule has 0 radical (unpaired) electrons. The van der Waals surface area contributed by atoms with Gasteiger partial charge in [0.2, 0.25) is 12.2 Å². The van der Waals surface area contributed by atoms with E-state index >= 15 is 0 Å². The predicted molar refractivity (Wildman–Crippen MR) is 45.2 cm³/mol. The van der Waals surface area contributed by atoms with Gasteiger partial charge in [-0.05, 0) is 6.07 Å². The van der Waals surface area contributed by atoms with Gasteiger partial charge in [-0.2, -0.15) is 0 Å². The van der Waals surface area contributed by atoms with E-state index in [0.29, 0.717) is 5.88 Å². The van der Waals surface area contributed by atoms with Crippen molar-refractivity contribution < 1.29 is 14.3 Å². The predicted octanol–water partition coefficient (Wildman–Crippen LogP) is 0.619. The van der Waals surface area contributed by atoms with Crippen LogP contribution in [0.15, 0.2) is 18.2 Å². The molecular weight excluding hydrogens is 170 g/mol. The Bertz CT molecular complexity index is 390. The summed E-state index contributed by atoms with van der Waals surface area (Å²) in [5, 5.41) is 0. The van der Waals surface area contributed by atoms with Crippen molar-refractivity contribution in [3.05, 3.63) is 23.9 Å². The Morgan fingerprint density at radius 1 is 1.54 bits per heavy atom. The monoisotopic (exact) mass is 177 g/mol. The largest absolute Gasteiger partial charge is 0.403 e. The number of hydrogen-bond acceptors (Lipinski definition) is 3. The maximum atomic E-state index is 10.7. The molecule has 0 saturated carbocycles. The van der Waals surface area contributed by atoms with E-state index in [1.54, 1.807) is 10.6 Å². The molecule has 4 heteroatoms. The molecule has 0 aromatic carbocycles. The third-order valence-corrected chi connectivity index (χ3v) is 1.85. The Morgan fingerprint density at radius 2 is 2.38 bits per heavy atom. The third kappa shape index (κ3) is 1.26. The normalized spacial score (nSPS) is 12.6. The lowest BCUT2D eigenvalue weighted by Crippen LogP contribution is -2.10. The topological polar surface area (TPSA) is 48.3 Å². The van der Waals surface area contributed by atoms with Gasteiger partial charge in [-0.25, -0.2) is 4.79 Å². The fraction of sp³-hybridized carbons (Fsp3) is 0.111. The molecule has 2 rings (SSSR count). The number of fused-ring (bicyclic) bond motifs is 1. The molecule has 0 saturated heterocycles. The minimum absolute atomic E-state index is 0.151. The van der Waals surface area contributed by atoms with Gasteiger partial charge in [0.25, 0.3) is 0 Å². The number of carbonyl (C=O) groups excluding carboxylic acids is 2. The summed E-state index contributed by atoms with van der Waals surface area (Å²) in [4.78, 5) is 20.7. The zero-order chi connectivity index (χ0) is 9.26. The van der Waals surface area contributed by atoms with Crippen LogP contribution in [0.3, 0.4) is 0 Å². The standard InChI is InChI=1S/C9H7NO3/c11-6-9(12)13-8-4-3-7-2-1-5-10(7)8/h1,3-6H,2H2. The number of aldehydes is 1. The lowest BCUT2D eigenvalue weighted by atomic mass is 10.3. The van der Waals surface area contributed by atoms with Gasteiger partial charge in [0.05, 0.1) is 0 Å². The summed E-state index contributed by atoms with van der Waals surface area (Å²) in [6, 6.07) is 3.52. The number of esters is 1. The van der Waals surface area contributed by atoms with E-state index in [9.17, 15) is 9.59 Å². The Kier molecular flexibility index (Phi) is 1.73. The van der Waals surface area contributed by atoms with Crippen LogP contribution in [0.1, 0.15) is 5.69 Å². The summed E-state index contributed by atoms with van der Waals surface area (Å²) in [5.74, 6) is -0.484. The minimum Gasteiger partial charge on any atom is -0.403 e. The van der Waals surface area contributed by atoms with Gasteiger partial charge in [0.15, 0.2) is 0 Å². The highest BCUT2D eigenvalue weighted by atomic mass is 16.5. The minimum atomic E-state index is -0.874. The fourth-order valence-electron chi connectivity index (χ4n) is 1.29. The molecule has 1 aliphatic rings. The lowest BCUT2D eigenvalue weighted by Gasteiger charge is -2.01. The molecule has 2 heterocycles. The SMILES string of the molecule is O=CC(=O)Oc1ccc2n1C=CC2. The first-order valence-corrected chi connectivity index (χ1v) is 3.85. The van der Waals surface area contributed by atoms with Crippen LogP contribution in [0.4, 0.5) is 0 Å². The second-order valence-electron chi connectivity index (χ2n) is 2.66. The average molecular weight is 177 g/mol. The third-order valence-electron chi connectivity index (χ3n) is 1.85. The molecule has 0 amide bonds. The first kappa shape index (κ1) is 7.79. The average Bonchev–Trinajstić information content (AvgIpc) is 2.69. The Balaban J connectivity index is 2.26. The smallest absolute Gasteiger partial charge is 0.377 e. The number of carbonyl (C=O) groups is 2. The van der Waals surface area contributed by atoms with Crippen molar-refractivity contribution >= 4 is 18.5 Å². The molecule has 0 bridgehead atoms. The maximum absolute atomic E-state index is 10.7. The summed E-state index contributed by atoms with van der Waals surface area (Å²) in [5.41, 5.74) is 1.05. The quantitative estimate of drug-likeness (QED) is 0.378. The molecule has 0 spiro atoms. The molecule has 1 aromatic heterocycles. The molecule has 66 valence electrons. The fourth-order valence-corrected chi connectivity index (χ4v) is 1.29. The Hall–Kier alpha value is -1.84. The van der Waals surface area contributed by atoms with E-state index in [1.165, 1.54) is 0 Å². The van der Waals surface area contributed by atoms with Gasteiger partial charge >= 0.3 is 5.97 Å². The van der Waals surface area contributed by atoms with Crippen LogP contribution in [0.25, 0.3) is 6.20 Å². The van der Waals surface area contributed by atoms with Gasteiger partial charge in [0, 0.05) is 24.4 Å². The van der Waals surface area contributed by atoms with Crippen LogP contribution in [-0.2, 0) is 16.0 Å². The van der Waals surface area contributed by atoms with Gasteiger partial charge in [-0.15, -0.1) is 0 Å². The van der Waals surface area contributed by atoms with Crippen LogP contribution < -0.4 is 4.74 Å². The van der Waals surface area contributed by atoms with E-state index in [1.807, 2.05) is 18.3 Å². The number of rotatable bonds is 2. The Morgan fingerprint density at radius 3 is 3.15 bits per heavy atom. The molecule has 13 heavy (non-hydrogen) atoms. The van der Waals surface area contributed by atoms with E-state index in [4.69, 9.17) is 4.74 Å². The first-order chi connectivity index (χ1) is 6.31. The van der Waals surface area contributed by atoms with Crippen molar-refractivity contribution in [3.8, 4) is 5.88 Å². The number of aromatic nitrogens is 1. The van der Waals surface area contributed by atoms with Gasteiger partial charge < -0.3 is 4.74 Å². The molecule has 1 aromatic rings. The van der Waals surface area contributed by atoms with Crippen LogP contribution in [0.5, 0.6) is 5.88 Å². The highest BCUT2D eigenvalue weighted by molar-refractivity contribution is 6.21. The number of nitrogens with zero attached hydrogens (tertiary/aromatic N) is 1. The summed E-state index contributed by atoms with van der Waals surface area (Å²) in [6.45, 7) is 0. The molecule has 0 N–H and O–H groups in total. The highest BCUT2D eigenvalue weighted by Gasteiger charge is 2.12. The molecule has 4 nitrogen and oxygen atoms in total.